The second-order valence-electron chi connectivity index (χ2n) is 5.72. The van der Waals surface area contributed by atoms with E-state index in [1.54, 1.807) is 4.90 Å². The Labute approximate surface area is 109 Å². The van der Waals surface area contributed by atoms with Crippen LogP contribution >= 0.6 is 0 Å². The minimum absolute atomic E-state index is 0.0239. The van der Waals surface area contributed by atoms with E-state index in [2.05, 4.69) is 11.2 Å². The largest absolute Gasteiger partial charge is 0.342 e. The summed E-state index contributed by atoms with van der Waals surface area (Å²) in [5, 5.41) is 2.83. The normalized spacial score (nSPS) is 24.7. The summed E-state index contributed by atoms with van der Waals surface area (Å²) in [5.74, 6) is 2.42. The van der Waals surface area contributed by atoms with Gasteiger partial charge in [-0.2, -0.15) is 0 Å². The standard InChI is InChI=1S/C14H22N2O2/c1-6-8-9-16-10(7-2)12(17)15-11(13(16)18)14(3,4)5/h1,10-11H,7-9H2,2-5H3,(H,15,17). The Kier molecular flexibility index (Phi) is 4.39. The van der Waals surface area contributed by atoms with E-state index in [1.165, 1.54) is 0 Å². The van der Waals surface area contributed by atoms with E-state index < -0.39 is 6.04 Å². The lowest BCUT2D eigenvalue weighted by Gasteiger charge is -2.43. The maximum atomic E-state index is 12.4. The smallest absolute Gasteiger partial charge is 0.246 e. The van der Waals surface area contributed by atoms with Crippen molar-refractivity contribution in [1.29, 1.82) is 0 Å². The number of hydrogen-bond acceptors (Lipinski definition) is 2. The van der Waals surface area contributed by atoms with E-state index in [0.717, 1.165) is 0 Å². The van der Waals surface area contributed by atoms with Crippen LogP contribution in [0.3, 0.4) is 0 Å². The van der Waals surface area contributed by atoms with Crippen LogP contribution in [-0.2, 0) is 9.59 Å². The third-order valence-electron chi connectivity index (χ3n) is 3.25. The zero-order valence-corrected chi connectivity index (χ0v) is 11.6. The van der Waals surface area contributed by atoms with Crippen LogP contribution in [0.5, 0.6) is 0 Å². The first-order chi connectivity index (χ1) is 8.32. The minimum atomic E-state index is -0.467. The SMILES string of the molecule is C#CCCN1C(=O)C(C(C)(C)C)NC(=O)C1CC. The van der Waals surface area contributed by atoms with Gasteiger partial charge in [0.25, 0.3) is 0 Å². The molecule has 4 heteroatoms. The first kappa shape index (κ1) is 14.6. The molecule has 1 fully saturated rings. The molecule has 0 spiro atoms. The van der Waals surface area contributed by atoms with Crippen molar-refractivity contribution >= 4 is 11.8 Å². The molecule has 2 unspecified atom stereocenters. The van der Waals surface area contributed by atoms with Gasteiger partial charge in [-0.15, -0.1) is 12.3 Å². The molecule has 0 aliphatic carbocycles. The van der Waals surface area contributed by atoms with Crippen LogP contribution in [0.2, 0.25) is 0 Å². The third kappa shape index (κ3) is 2.84. The van der Waals surface area contributed by atoms with Gasteiger partial charge in [0.05, 0.1) is 0 Å². The Balaban J connectivity index is 2.98. The average molecular weight is 250 g/mol. The van der Waals surface area contributed by atoms with E-state index in [9.17, 15) is 9.59 Å². The van der Waals surface area contributed by atoms with E-state index in [4.69, 9.17) is 6.42 Å². The fourth-order valence-corrected chi connectivity index (χ4v) is 2.20. The van der Waals surface area contributed by atoms with Crippen molar-refractivity contribution in [2.24, 2.45) is 5.41 Å². The second kappa shape index (κ2) is 5.43. The number of rotatable bonds is 3. The van der Waals surface area contributed by atoms with Gasteiger partial charge in [-0.3, -0.25) is 9.59 Å². The molecule has 0 aromatic carbocycles. The molecule has 1 aliphatic heterocycles. The van der Waals surface area contributed by atoms with Gasteiger partial charge in [0, 0.05) is 13.0 Å². The second-order valence-corrected chi connectivity index (χ2v) is 5.72. The van der Waals surface area contributed by atoms with Crippen molar-refractivity contribution in [2.75, 3.05) is 6.54 Å². The van der Waals surface area contributed by atoms with E-state index in [1.807, 2.05) is 27.7 Å². The number of terminal acetylenes is 1. The van der Waals surface area contributed by atoms with Gasteiger partial charge in [0.1, 0.15) is 12.1 Å². The molecule has 2 amide bonds. The summed E-state index contributed by atoms with van der Waals surface area (Å²) in [6.45, 7) is 8.19. The van der Waals surface area contributed by atoms with Crippen molar-refractivity contribution in [3.8, 4) is 12.3 Å². The molecule has 1 N–H and O–H groups in total. The predicted molar refractivity (Wildman–Crippen MR) is 70.6 cm³/mol. The molecule has 100 valence electrons. The summed E-state index contributed by atoms with van der Waals surface area (Å²) in [6.07, 6.45) is 6.33. The molecular formula is C14H22N2O2. The molecule has 1 rings (SSSR count). The Hall–Kier alpha value is -1.50. The lowest BCUT2D eigenvalue weighted by molar-refractivity contribution is -0.152. The highest BCUT2D eigenvalue weighted by atomic mass is 16.2. The van der Waals surface area contributed by atoms with Gasteiger partial charge in [-0.25, -0.2) is 0 Å². The zero-order chi connectivity index (χ0) is 13.9. The molecule has 1 heterocycles. The van der Waals surface area contributed by atoms with Gasteiger partial charge < -0.3 is 10.2 Å². The average Bonchev–Trinajstić information content (AvgIpc) is 2.28. The van der Waals surface area contributed by atoms with Gasteiger partial charge in [0.15, 0.2) is 0 Å². The number of hydrogen-bond donors (Lipinski definition) is 1. The lowest BCUT2D eigenvalue weighted by Crippen LogP contribution is -2.66. The van der Waals surface area contributed by atoms with Crippen molar-refractivity contribution < 1.29 is 9.59 Å². The zero-order valence-electron chi connectivity index (χ0n) is 11.6. The van der Waals surface area contributed by atoms with E-state index in [0.29, 0.717) is 19.4 Å². The Morgan fingerprint density at radius 3 is 2.44 bits per heavy atom. The molecule has 0 aromatic rings. The number of piperazine rings is 1. The maximum absolute atomic E-state index is 12.4. The first-order valence-corrected chi connectivity index (χ1v) is 6.37. The monoisotopic (exact) mass is 250 g/mol. The Bertz CT molecular complexity index is 376. The van der Waals surface area contributed by atoms with Crippen LogP contribution in [0, 0.1) is 17.8 Å². The molecule has 0 radical (unpaired) electrons. The van der Waals surface area contributed by atoms with Crippen molar-refractivity contribution in [3.63, 3.8) is 0 Å². The highest BCUT2D eigenvalue weighted by Gasteiger charge is 2.44. The molecule has 2 atom stereocenters. The van der Waals surface area contributed by atoms with E-state index >= 15 is 0 Å². The number of carbonyl (C=O) groups excluding carboxylic acids is 2. The summed E-state index contributed by atoms with van der Waals surface area (Å²) >= 11 is 0. The van der Waals surface area contributed by atoms with Crippen LogP contribution in [0.1, 0.15) is 40.5 Å². The van der Waals surface area contributed by atoms with Crippen LogP contribution < -0.4 is 5.32 Å². The summed E-state index contributed by atoms with van der Waals surface area (Å²) in [6, 6.07) is -0.852. The number of nitrogens with one attached hydrogen (secondary N) is 1. The third-order valence-corrected chi connectivity index (χ3v) is 3.25. The fourth-order valence-electron chi connectivity index (χ4n) is 2.20. The van der Waals surface area contributed by atoms with Crippen LogP contribution in [0.25, 0.3) is 0 Å². The molecule has 18 heavy (non-hydrogen) atoms. The molecule has 0 saturated carbocycles. The summed E-state index contributed by atoms with van der Waals surface area (Å²) < 4.78 is 0. The molecule has 0 aromatic heterocycles. The van der Waals surface area contributed by atoms with Gasteiger partial charge in [-0.1, -0.05) is 27.7 Å². The number of carbonyl (C=O) groups is 2. The Morgan fingerprint density at radius 2 is 2.00 bits per heavy atom. The quantitative estimate of drug-likeness (QED) is 0.764. The highest BCUT2D eigenvalue weighted by Crippen LogP contribution is 2.25. The predicted octanol–water partition coefficient (Wildman–Crippen LogP) is 1.16. The fraction of sp³-hybridized carbons (Fsp3) is 0.714. The van der Waals surface area contributed by atoms with Crippen molar-refractivity contribution in [3.05, 3.63) is 0 Å². The van der Waals surface area contributed by atoms with E-state index in [-0.39, 0.29) is 23.3 Å². The van der Waals surface area contributed by atoms with Crippen LogP contribution in [0.15, 0.2) is 0 Å². The maximum Gasteiger partial charge on any atom is 0.246 e. The first-order valence-electron chi connectivity index (χ1n) is 6.37. The topological polar surface area (TPSA) is 49.4 Å². The van der Waals surface area contributed by atoms with Crippen LogP contribution in [0.4, 0.5) is 0 Å². The number of nitrogens with zero attached hydrogens (tertiary/aromatic N) is 1. The minimum Gasteiger partial charge on any atom is -0.342 e. The van der Waals surface area contributed by atoms with Crippen molar-refractivity contribution in [1.82, 2.24) is 10.2 Å². The molecular weight excluding hydrogens is 228 g/mol. The summed E-state index contributed by atoms with van der Waals surface area (Å²) in [5.41, 5.74) is -0.292. The molecule has 0 bridgehead atoms. The summed E-state index contributed by atoms with van der Waals surface area (Å²) in [4.78, 5) is 26.1. The molecule has 4 nitrogen and oxygen atoms in total. The highest BCUT2D eigenvalue weighted by molar-refractivity contribution is 5.97. The summed E-state index contributed by atoms with van der Waals surface area (Å²) in [7, 11) is 0. The van der Waals surface area contributed by atoms with Gasteiger partial charge in [-0.05, 0) is 11.8 Å². The molecule has 1 aliphatic rings. The van der Waals surface area contributed by atoms with Gasteiger partial charge in [0.2, 0.25) is 11.8 Å². The van der Waals surface area contributed by atoms with Crippen molar-refractivity contribution in [2.45, 2.75) is 52.6 Å². The molecule has 1 saturated heterocycles. The van der Waals surface area contributed by atoms with Crippen LogP contribution in [-0.4, -0.2) is 35.3 Å². The Morgan fingerprint density at radius 1 is 1.39 bits per heavy atom. The lowest BCUT2D eigenvalue weighted by atomic mass is 9.83. The number of amides is 2. The van der Waals surface area contributed by atoms with Gasteiger partial charge >= 0.3 is 0 Å².